The Labute approximate surface area is 134 Å². The number of rotatable bonds is 4. The summed E-state index contributed by atoms with van der Waals surface area (Å²) in [7, 11) is -3.52. The van der Waals surface area contributed by atoms with Gasteiger partial charge in [-0.1, -0.05) is 39.7 Å². The Hall–Kier alpha value is -1.17. The summed E-state index contributed by atoms with van der Waals surface area (Å²) < 4.78 is 28.4. The molecule has 0 saturated carbocycles. The zero-order valence-electron chi connectivity index (χ0n) is 12.2. The Balaban J connectivity index is 2.27. The highest BCUT2D eigenvalue weighted by atomic mass is 79.9. The second-order valence-electron chi connectivity index (χ2n) is 5.16. The van der Waals surface area contributed by atoms with Gasteiger partial charge in [-0.05, 0) is 56.2 Å². The fourth-order valence-corrected chi connectivity index (χ4v) is 3.69. The van der Waals surface area contributed by atoms with E-state index in [0.717, 1.165) is 21.2 Å². The van der Waals surface area contributed by atoms with Gasteiger partial charge in [-0.25, -0.2) is 13.1 Å². The molecule has 21 heavy (non-hydrogen) atoms. The van der Waals surface area contributed by atoms with E-state index in [4.69, 9.17) is 0 Å². The highest BCUT2D eigenvalue weighted by Gasteiger charge is 2.19. The van der Waals surface area contributed by atoms with Crippen LogP contribution in [0.15, 0.2) is 51.8 Å². The van der Waals surface area contributed by atoms with Gasteiger partial charge in [-0.2, -0.15) is 0 Å². The van der Waals surface area contributed by atoms with Crippen molar-refractivity contribution in [3.63, 3.8) is 0 Å². The number of hydrogen-bond acceptors (Lipinski definition) is 2. The predicted octanol–water partition coefficient (Wildman–Crippen LogP) is 4.11. The van der Waals surface area contributed by atoms with Gasteiger partial charge >= 0.3 is 0 Å². The second kappa shape index (κ2) is 6.30. The van der Waals surface area contributed by atoms with Gasteiger partial charge in [-0.15, -0.1) is 0 Å². The van der Waals surface area contributed by atoms with Crippen molar-refractivity contribution in [3.8, 4) is 0 Å². The van der Waals surface area contributed by atoms with Crippen molar-refractivity contribution in [2.24, 2.45) is 0 Å². The number of aryl methyl sites for hydroxylation is 2. The highest BCUT2D eigenvalue weighted by Crippen LogP contribution is 2.22. The van der Waals surface area contributed by atoms with E-state index in [1.165, 1.54) is 0 Å². The first-order valence-electron chi connectivity index (χ1n) is 6.64. The molecule has 0 heterocycles. The Morgan fingerprint density at radius 2 is 1.67 bits per heavy atom. The lowest BCUT2D eigenvalue weighted by Gasteiger charge is -2.17. The molecule has 0 aliphatic heterocycles. The quantitative estimate of drug-likeness (QED) is 0.883. The lowest BCUT2D eigenvalue weighted by molar-refractivity contribution is 0.566. The molecule has 2 aromatic carbocycles. The average Bonchev–Trinajstić information content (AvgIpc) is 2.41. The first kappa shape index (κ1) is 16.2. The molecule has 0 saturated heterocycles. The third-order valence-corrected chi connectivity index (χ3v) is 5.44. The molecule has 0 spiro atoms. The molecule has 0 bridgehead atoms. The molecule has 1 unspecified atom stereocenters. The molecular formula is C16H18BrNO2S. The van der Waals surface area contributed by atoms with E-state index in [1.54, 1.807) is 24.3 Å². The minimum atomic E-state index is -3.52. The molecule has 0 aromatic heterocycles. The molecule has 2 rings (SSSR count). The van der Waals surface area contributed by atoms with Crippen LogP contribution in [0.3, 0.4) is 0 Å². The van der Waals surface area contributed by atoms with Crippen molar-refractivity contribution in [3.05, 3.63) is 63.6 Å². The van der Waals surface area contributed by atoms with Crippen molar-refractivity contribution < 1.29 is 8.42 Å². The van der Waals surface area contributed by atoms with Crippen molar-refractivity contribution in [2.45, 2.75) is 31.7 Å². The van der Waals surface area contributed by atoms with Crippen LogP contribution in [0.2, 0.25) is 0 Å². The zero-order chi connectivity index (χ0) is 15.6. The summed E-state index contributed by atoms with van der Waals surface area (Å²) in [5.74, 6) is 0. The van der Waals surface area contributed by atoms with Crippen LogP contribution >= 0.6 is 15.9 Å². The molecule has 0 amide bonds. The second-order valence-corrected chi connectivity index (χ2v) is 7.79. The van der Waals surface area contributed by atoms with E-state index in [2.05, 4.69) is 20.7 Å². The Morgan fingerprint density at radius 1 is 1.05 bits per heavy atom. The van der Waals surface area contributed by atoms with Gasteiger partial charge in [0.2, 0.25) is 10.0 Å². The molecule has 112 valence electrons. The predicted molar refractivity (Wildman–Crippen MR) is 88.8 cm³/mol. The minimum Gasteiger partial charge on any atom is -0.207 e. The smallest absolute Gasteiger partial charge is 0.207 e. The van der Waals surface area contributed by atoms with Gasteiger partial charge < -0.3 is 0 Å². The maximum absolute atomic E-state index is 12.4. The van der Waals surface area contributed by atoms with E-state index in [0.29, 0.717) is 0 Å². The van der Waals surface area contributed by atoms with Crippen molar-refractivity contribution >= 4 is 26.0 Å². The number of benzene rings is 2. The summed E-state index contributed by atoms with van der Waals surface area (Å²) in [6.45, 7) is 5.84. The lowest BCUT2D eigenvalue weighted by atomic mass is 10.0. The number of hydrogen-bond donors (Lipinski definition) is 1. The first-order valence-corrected chi connectivity index (χ1v) is 8.92. The van der Waals surface area contributed by atoms with E-state index in [-0.39, 0.29) is 10.9 Å². The molecule has 0 aliphatic carbocycles. The Morgan fingerprint density at radius 3 is 2.29 bits per heavy atom. The normalized spacial score (nSPS) is 13.1. The van der Waals surface area contributed by atoms with Crippen LogP contribution in [0.5, 0.6) is 0 Å². The lowest BCUT2D eigenvalue weighted by Crippen LogP contribution is -2.27. The maximum Gasteiger partial charge on any atom is 0.241 e. The van der Waals surface area contributed by atoms with E-state index in [9.17, 15) is 8.42 Å². The first-order chi connectivity index (χ1) is 9.79. The molecule has 1 N–H and O–H groups in total. The van der Waals surface area contributed by atoms with Gasteiger partial charge in [0.15, 0.2) is 0 Å². The maximum atomic E-state index is 12.4. The third kappa shape index (κ3) is 3.93. The molecule has 1 atom stereocenters. The Kier molecular flexibility index (Phi) is 4.86. The molecule has 3 nitrogen and oxygen atoms in total. The summed E-state index contributed by atoms with van der Waals surface area (Å²) in [6, 6.07) is 12.4. The fourth-order valence-electron chi connectivity index (χ4n) is 2.20. The summed E-state index contributed by atoms with van der Waals surface area (Å²) in [5, 5.41) is 0. The molecule has 5 heteroatoms. The van der Waals surface area contributed by atoms with Crippen LogP contribution in [0.4, 0.5) is 0 Å². The zero-order valence-corrected chi connectivity index (χ0v) is 14.6. The summed E-state index contributed by atoms with van der Waals surface area (Å²) in [6.07, 6.45) is 0. The monoisotopic (exact) mass is 367 g/mol. The molecule has 0 fully saturated rings. The third-order valence-electron chi connectivity index (χ3n) is 3.36. The van der Waals surface area contributed by atoms with Crippen LogP contribution in [-0.2, 0) is 10.0 Å². The van der Waals surface area contributed by atoms with E-state index < -0.39 is 10.0 Å². The van der Waals surface area contributed by atoms with Gasteiger partial charge in [0, 0.05) is 10.5 Å². The fraction of sp³-hybridized carbons (Fsp3) is 0.250. The summed E-state index contributed by atoms with van der Waals surface area (Å²) in [5.41, 5.74) is 3.19. The van der Waals surface area contributed by atoms with Crippen molar-refractivity contribution in [1.82, 2.24) is 4.72 Å². The minimum absolute atomic E-state index is 0.267. The molecular weight excluding hydrogens is 350 g/mol. The number of halogens is 1. The van der Waals surface area contributed by atoms with Crippen LogP contribution in [0, 0.1) is 13.8 Å². The van der Waals surface area contributed by atoms with Gasteiger partial charge in [-0.3, -0.25) is 0 Å². The Bertz CT molecular complexity index is 739. The number of nitrogens with one attached hydrogen (secondary N) is 1. The van der Waals surface area contributed by atoms with Gasteiger partial charge in [0.25, 0.3) is 0 Å². The van der Waals surface area contributed by atoms with Crippen LogP contribution < -0.4 is 4.72 Å². The van der Waals surface area contributed by atoms with Crippen molar-refractivity contribution in [1.29, 1.82) is 0 Å². The summed E-state index contributed by atoms with van der Waals surface area (Å²) >= 11 is 3.30. The van der Waals surface area contributed by atoms with Gasteiger partial charge in [0.1, 0.15) is 0 Å². The van der Waals surface area contributed by atoms with Crippen LogP contribution in [0.1, 0.15) is 29.7 Å². The SMILES string of the molecule is Cc1ccc(C)c(C(C)NS(=O)(=O)c2ccc(Br)cc2)c1. The van der Waals surface area contributed by atoms with Crippen molar-refractivity contribution in [2.75, 3.05) is 0 Å². The standard InChI is InChI=1S/C16H18BrNO2S/c1-11-4-5-12(2)16(10-11)13(3)18-21(19,20)15-8-6-14(17)7-9-15/h4-10,13,18H,1-3H3. The molecule has 0 aliphatic rings. The van der Waals surface area contributed by atoms with E-state index in [1.807, 2.05) is 39.0 Å². The van der Waals surface area contributed by atoms with E-state index >= 15 is 0 Å². The summed E-state index contributed by atoms with van der Waals surface area (Å²) in [4.78, 5) is 0.267. The average molecular weight is 368 g/mol. The molecule has 2 aromatic rings. The van der Waals surface area contributed by atoms with Crippen LogP contribution in [-0.4, -0.2) is 8.42 Å². The van der Waals surface area contributed by atoms with Gasteiger partial charge in [0.05, 0.1) is 4.90 Å². The topological polar surface area (TPSA) is 46.2 Å². The highest BCUT2D eigenvalue weighted by molar-refractivity contribution is 9.10. The number of sulfonamides is 1. The molecule has 0 radical (unpaired) electrons. The largest absolute Gasteiger partial charge is 0.241 e. The van der Waals surface area contributed by atoms with Crippen LogP contribution in [0.25, 0.3) is 0 Å².